The topological polar surface area (TPSA) is 72.3 Å². The van der Waals surface area contributed by atoms with E-state index in [1.807, 2.05) is 0 Å². The number of ether oxygens (including phenoxy) is 1. The van der Waals surface area contributed by atoms with Crippen molar-refractivity contribution in [3.05, 3.63) is 18.6 Å². The number of carboxylic acid groups (broad SMARTS) is 1. The van der Waals surface area contributed by atoms with Crippen LogP contribution >= 0.6 is 0 Å². The molecule has 0 saturated carbocycles. The van der Waals surface area contributed by atoms with Crippen LogP contribution in [0.3, 0.4) is 0 Å². The summed E-state index contributed by atoms with van der Waals surface area (Å²) in [5, 5.41) is 8.67. The Morgan fingerprint density at radius 3 is 3.00 bits per heavy atom. The van der Waals surface area contributed by atoms with Crippen molar-refractivity contribution in [2.75, 3.05) is 0 Å². The van der Waals surface area contributed by atoms with E-state index in [4.69, 9.17) is 9.84 Å². The standard InChI is InChI=1S/C8H10N2O3/c1-2-6(8(11)12)13-7-3-4-9-5-10-7/h3-6H,2H2,1H3,(H,11,12). The molecule has 1 N–H and O–H groups in total. The molecule has 0 amide bonds. The first-order chi connectivity index (χ1) is 6.24. The minimum Gasteiger partial charge on any atom is -0.479 e. The Hall–Kier alpha value is -1.65. The molecule has 13 heavy (non-hydrogen) atoms. The van der Waals surface area contributed by atoms with Crippen LogP contribution in [0.5, 0.6) is 5.88 Å². The van der Waals surface area contributed by atoms with E-state index >= 15 is 0 Å². The van der Waals surface area contributed by atoms with Crippen LogP contribution in [0.2, 0.25) is 0 Å². The van der Waals surface area contributed by atoms with E-state index in [1.165, 1.54) is 18.6 Å². The zero-order valence-corrected chi connectivity index (χ0v) is 7.17. The second-order valence-corrected chi connectivity index (χ2v) is 2.40. The summed E-state index contributed by atoms with van der Waals surface area (Å²) in [6, 6.07) is 1.52. The quantitative estimate of drug-likeness (QED) is 0.742. The first-order valence-electron chi connectivity index (χ1n) is 3.89. The molecule has 0 fully saturated rings. The predicted octanol–water partition coefficient (Wildman–Crippen LogP) is 0.719. The van der Waals surface area contributed by atoms with Crippen molar-refractivity contribution in [1.29, 1.82) is 0 Å². The van der Waals surface area contributed by atoms with Crippen LogP contribution in [0.15, 0.2) is 18.6 Å². The van der Waals surface area contributed by atoms with Crippen LogP contribution < -0.4 is 4.74 Å². The van der Waals surface area contributed by atoms with Gasteiger partial charge < -0.3 is 9.84 Å². The summed E-state index contributed by atoms with van der Waals surface area (Å²) in [4.78, 5) is 18.0. The number of carbonyl (C=O) groups is 1. The highest BCUT2D eigenvalue weighted by atomic mass is 16.5. The van der Waals surface area contributed by atoms with E-state index in [0.717, 1.165) is 0 Å². The number of rotatable bonds is 4. The van der Waals surface area contributed by atoms with Crippen LogP contribution in [-0.2, 0) is 4.79 Å². The van der Waals surface area contributed by atoms with Gasteiger partial charge in [0.25, 0.3) is 0 Å². The van der Waals surface area contributed by atoms with E-state index in [9.17, 15) is 4.79 Å². The molecule has 1 unspecified atom stereocenters. The van der Waals surface area contributed by atoms with Crippen molar-refractivity contribution >= 4 is 5.97 Å². The maximum Gasteiger partial charge on any atom is 0.344 e. The lowest BCUT2D eigenvalue weighted by Crippen LogP contribution is -2.26. The van der Waals surface area contributed by atoms with Gasteiger partial charge in [-0.15, -0.1) is 0 Å². The summed E-state index contributed by atoms with van der Waals surface area (Å²) in [7, 11) is 0. The van der Waals surface area contributed by atoms with Gasteiger partial charge in [0.15, 0.2) is 6.10 Å². The van der Waals surface area contributed by atoms with Gasteiger partial charge in [0.2, 0.25) is 5.88 Å². The maximum absolute atomic E-state index is 10.6. The number of hydrogen-bond acceptors (Lipinski definition) is 4. The van der Waals surface area contributed by atoms with Gasteiger partial charge >= 0.3 is 5.97 Å². The maximum atomic E-state index is 10.6. The third-order valence-electron chi connectivity index (χ3n) is 1.46. The van der Waals surface area contributed by atoms with Crippen LogP contribution in [0, 0.1) is 0 Å². The lowest BCUT2D eigenvalue weighted by Gasteiger charge is -2.10. The molecule has 5 heteroatoms. The Labute approximate surface area is 75.4 Å². The number of hydrogen-bond donors (Lipinski definition) is 1. The minimum atomic E-state index is -0.985. The molecule has 0 spiro atoms. The van der Waals surface area contributed by atoms with Gasteiger partial charge in [-0.3, -0.25) is 0 Å². The van der Waals surface area contributed by atoms with Gasteiger partial charge in [0.1, 0.15) is 6.33 Å². The molecule has 0 aliphatic rings. The Morgan fingerprint density at radius 2 is 2.54 bits per heavy atom. The molecule has 1 heterocycles. The number of aliphatic carboxylic acids is 1. The predicted molar refractivity (Wildman–Crippen MR) is 44.4 cm³/mol. The third kappa shape index (κ3) is 2.70. The summed E-state index contributed by atoms with van der Waals surface area (Å²) in [6.07, 6.45) is 2.37. The van der Waals surface area contributed by atoms with Gasteiger partial charge in [-0.1, -0.05) is 6.92 Å². The van der Waals surface area contributed by atoms with Crippen LogP contribution in [0.25, 0.3) is 0 Å². The molecule has 0 aromatic carbocycles. The molecule has 1 aromatic rings. The molecule has 70 valence electrons. The van der Waals surface area contributed by atoms with Crippen LogP contribution in [0.4, 0.5) is 0 Å². The molecule has 0 radical (unpaired) electrons. The average Bonchev–Trinajstić information content (AvgIpc) is 2.15. The summed E-state index contributed by atoms with van der Waals surface area (Å²) in [5.74, 6) is -0.703. The van der Waals surface area contributed by atoms with E-state index in [1.54, 1.807) is 6.92 Å². The Bertz CT molecular complexity index is 276. The molecule has 0 aliphatic heterocycles. The summed E-state index contributed by atoms with van der Waals surface area (Å²) in [6.45, 7) is 1.74. The molecule has 1 rings (SSSR count). The lowest BCUT2D eigenvalue weighted by atomic mass is 10.3. The Morgan fingerprint density at radius 1 is 1.77 bits per heavy atom. The van der Waals surface area contributed by atoms with Gasteiger partial charge in [-0.25, -0.2) is 14.8 Å². The molecular weight excluding hydrogens is 172 g/mol. The van der Waals surface area contributed by atoms with Crippen molar-refractivity contribution in [2.24, 2.45) is 0 Å². The zero-order chi connectivity index (χ0) is 9.68. The summed E-state index contributed by atoms with van der Waals surface area (Å²) in [5.41, 5.74) is 0. The second-order valence-electron chi connectivity index (χ2n) is 2.40. The highest BCUT2D eigenvalue weighted by Crippen LogP contribution is 2.07. The smallest absolute Gasteiger partial charge is 0.344 e. The van der Waals surface area contributed by atoms with E-state index in [2.05, 4.69) is 9.97 Å². The monoisotopic (exact) mass is 182 g/mol. The van der Waals surface area contributed by atoms with Crippen molar-refractivity contribution in [3.8, 4) is 5.88 Å². The van der Waals surface area contributed by atoms with Crippen LogP contribution in [0.1, 0.15) is 13.3 Å². The molecule has 0 saturated heterocycles. The summed E-state index contributed by atoms with van der Waals surface area (Å²) >= 11 is 0. The summed E-state index contributed by atoms with van der Waals surface area (Å²) < 4.78 is 5.07. The first kappa shape index (κ1) is 9.44. The normalized spacial score (nSPS) is 12.1. The van der Waals surface area contributed by atoms with Crippen LogP contribution in [-0.4, -0.2) is 27.1 Å². The van der Waals surface area contributed by atoms with Gasteiger partial charge in [-0.05, 0) is 6.42 Å². The fourth-order valence-electron chi connectivity index (χ4n) is 0.802. The Balaban J connectivity index is 2.62. The molecule has 0 bridgehead atoms. The third-order valence-corrected chi connectivity index (χ3v) is 1.46. The highest BCUT2D eigenvalue weighted by molar-refractivity contribution is 5.72. The molecular formula is C8H10N2O3. The van der Waals surface area contributed by atoms with Gasteiger partial charge in [0, 0.05) is 12.3 Å². The average molecular weight is 182 g/mol. The molecule has 1 aromatic heterocycles. The highest BCUT2D eigenvalue weighted by Gasteiger charge is 2.16. The number of aromatic nitrogens is 2. The molecule has 1 atom stereocenters. The molecule has 0 aliphatic carbocycles. The number of nitrogens with zero attached hydrogens (tertiary/aromatic N) is 2. The lowest BCUT2D eigenvalue weighted by molar-refractivity contribution is -0.145. The van der Waals surface area contributed by atoms with Crippen molar-refractivity contribution in [1.82, 2.24) is 9.97 Å². The van der Waals surface area contributed by atoms with E-state index in [0.29, 0.717) is 6.42 Å². The van der Waals surface area contributed by atoms with Gasteiger partial charge in [-0.2, -0.15) is 0 Å². The SMILES string of the molecule is CCC(Oc1ccncn1)C(=O)O. The van der Waals surface area contributed by atoms with Gasteiger partial charge in [0.05, 0.1) is 0 Å². The fourth-order valence-corrected chi connectivity index (χ4v) is 0.802. The van der Waals surface area contributed by atoms with E-state index < -0.39 is 12.1 Å². The minimum absolute atomic E-state index is 0.282. The van der Waals surface area contributed by atoms with Crippen molar-refractivity contribution in [2.45, 2.75) is 19.4 Å². The van der Waals surface area contributed by atoms with Crippen molar-refractivity contribution < 1.29 is 14.6 Å². The second kappa shape index (κ2) is 4.39. The largest absolute Gasteiger partial charge is 0.479 e. The number of carboxylic acids is 1. The first-order valence-corrected chi connectivity index (χ1v) is 3.89. The Kier molecular flexibility index (Phi) is 3.19. The van der Waals surface area contributed by atoms with Crippen molar-refractivity contribution in [3.63, 3.8) is 0 Å². The fraction of sp³-hybridized carbons (Fsp3) is 0.375. The molecule has 5 nitrogen and oxygen atoms in total. The zero-order valence-electron chi connectivity index (χ0n) is 7.17. The van der Waals surface area contributed by atoms with E-state index in [-0.39, 0.29) is 5.88 Å².